The van der Waals surface area contributed by atoms with Crippen LogP contribution in [0, 0.1) is 25.5 Å². The van der Waals surface area contributed by atoms with Crippen LogP contribution in [0.2, 0.25) is 0 Å². The largest absolute Gasteiger partial charge is 0.360 e. The lowest BCUT2D eigenvalue weighted by Gasteiger charge is -2.23. The van der Waals surface area contributed by atoms with Gasteiger partial charge in [-0.15, -0.1) is 0 Å². The molecule has 2 heterocycles. The van der Waals surface area contributed by atoms with Gasteiger partial charge in [0.05, 0.1) is 0 Å². The molecule has 1 aromatic carbocycles. The average Bonchev–Trinajstić information content (AvgIpc) is 3.13. The lowest BCUT2D eigenvalue weighted by Crippen LogP contribution is -2.43. The van der Waals surface area contributed by atoms with E-state index in [1.165, 1.54) is 13.8 Å². The monoisotopic (exact) mass is 385 g/mol. The standard InChI is InChI=1S/C16H17F2N3O4S/c1-9-15(10(2)25-20-9)26(23,24)21-5-3-4-14(21)16(22)19-13-7-11(17)6-12(18)8-13/h6-8,14H,3-5H2,1-2H3,(H,19,22)/t14-/m0/s1. The third-order valence-corrected chi connectivity index (χ3v) is 6.32. The van der Waals surface area contributed by atoms with Crippen LogP contribution in [0.3, 0.4) is 0 Å². The Hall–Kier alpha value is -2.33. The highest BCUT2D eigenvalue weighted by Crippen LogP contribution is 2.30. The van der Waals surface area contributed by atoms with Crippen molar-refractivity contribution in [2.45, 2.75) is 37.6 Å². The van der Waals surface area contributed by atoms with Crippen molar-refractivity contribution < 1.29 is 26.5 Å². The maximum atomic E-state index is 13.3. The Kier molecular flexibility index (Phi) is 4.80. The van der Waals surface area contributed by atoms with Crippen LogP contribution in [0.25, 0.3) is 0 Å². The van der Waals surface area contributed by atoms with E-state index in [0.29, 0.717) is 18.9 Å². The number of amides is 1. The molecule has 26 heavy (non-hydrogen) atoms. The highest BCUT2D eigenvalue weighted by molar-refractivity contribution is 7.89. The molecule has 0 spiro atoms. The van der Waals surface area contributed by atoms with Gasteiger partial charge < -0.3 is 9.84 Å². The van der Waals surface area contributed by atoms with Crippen molar-refractivity contribution in [3.05, 3.63) is 41.3 Å². The van der Waals surface area contributed by atoms with E-state index in [1.54, 1.807) is 0 Å². The van der Waals surface area contributed by atoms with E-state index in [2.05, 4.69) is 10.5 Å². The summed E-state index contributed by atoms with van der Waals surface area (Å²) < 4.78 is 58.4. The summed E-state index contributed by atoms with van der Waals surface area (Å²) in [5.41, 5.74) is 0.134. The normalized spacial score (nSPS) is 18.2. The molecule has 0 aliphatic carbocycles. The van der Waals surface area contributed by atoms with Crippen molar-refractivity contribution in [3.8, 4) is 0 Å². The number of rotatable bonds is 4. The molecule has 0 unspecified atom stereocenters. The molecule has 7 nitrogen and oxygen atoms in total. The summed E-state index contributed by atoms with van der Waals surface area (Å²) in [6.07, 6.45) is 0.782. The summed E-state index contributed by atoms with van der Waals surface area (Å²) in [4.78, 5) is 12.5. The Morgan fingerprint density at radius 3 is 2.50 bits per heavy atom. The minimum absolute atomic E-state index is 0.0611. The first-order valence-corrected chi connectivity index (χ1v) is 9.36. The zero-order chi connectivity index (χ0) is 19.1. The van der Waals surface area contributed by atoms with Gasteiger partial charge in [0.25, 0.3) is 0 Å². The average molecular weight is 385 g/mol. The topological polar surface area (TPSA) is 92.5 Å². The fourth-order valence-corrected chi connectivity index (χ4v) is 5.05. The van der Waals surface area contributed by atoms with Crippen molar-refractivity contribution in [1.82, 2.24) is 9.46 Å². The predicted molar refractivity (Wildman–Crippen MR) is 87.9 cm³/mol. The van der Waals surface area contributed by atoms with Gasteiger partial charge in [0.1, 0.15) is 28.3 Å². The van der Waals surface area contributed by atoms with Crippen LogP contribution in [0.15, 0.2) is 27.6 Å². The number of anilines is 1. The second-order valence-corrected chi connectivity index (χ2v) is 7.90. The van der Waals surface area contributed by atoms with Gasteiger partial charge in [-0.05, 0) is 38.8 Å². The van der Waals surface area contributed by atoms with Gasteiger partial charge in [0.15, 0.2) is 5.76 Å². The van der Waals surface area contributed by atoms with E-state index in [9.17, 15) is 22.0 Å². The number of sulfonamides is 1. The smallest absolute Gasteiger partial charge is 0.249 e. The lowest BCUT2D eigenvalue weighted by atomic mass is 10.2. The van der Waals surface area contributed by atoms with Gasteiger partial charge in [0.2, 0.25) is 15.9 Å². The summed E-state index contributed by atoms with van der Waals surface area (Å²) in [7, 11) is -3.99. The molecular weight excluding hydrogens is 368 g/mol. The van der Waals surface area contributed by atoms with Crippen LogP contribution in [0.4, 0.5) is 14.5 Å². The van der Waals surface area contributed by atoms with Crippen molar-refractivity contribution in [1.29, 1.82) is 0 Å². The predicted octanol–water partition coefficient (Wildman–Crippen LogP) is 2.36. The fraction of sp³-hybridized carbons (Fsp3) is 0.375. The molecule has 10 heteroatoms. The number of halogens is 2. The molecule has 1 N–H and O–H groups in total. The summed E-state index contributed by atoms with van der Waals surface area (Å²) in [6.45, 7) is 3.14. The Labute approximate surface area is 149 Å². The minimum atomic E-state index is -3.99. The number of hydrogen-bond acceptors (Lipinski definition) is 5. The van der Waals surface area contributed by atoms with Gasteiger partial charge in [-0.2, -0.15) is 4.31 Å². The van der Waals surface area contributed by atoms with Crippen LogP contribution in [-0.4, -0.2) is 36.4 Å². The van der Waals surface area contributed by atoms with E-state index >= 15 is 0 Å². The Bertz CT molecular complexity index is 919. The highest BCUT2D eigenvalue weighted by atomic mass is 32.2. The number of aromatic nitrogens is 1. The van der Waals surface area contributed by atoms with Gasteiger partial charge in [0, 0.05) is 18.3 Å². The Balaban J connectivity index is 1.87. The first kappa shape index (κ1) is 18.5. The summed E-state index contributed by atoms with van der Waals surface area (Å²) in [5, 5.41) is 6.02. The Morgan fingerprint density at radius 1 is 1.27 bits per heavy atom. The maximum absolute atomic E-state index is 13.3. The molecule has 1 fully saturated rings. The van der Waals surface area contributed by atoms with Gasteiger partial charge in [-0.1, -0.05) is 5.16 Å². The third-order valence-electron chi connectivity index (χ3n) is 4.17. The van der Waals surface area contributed by atoms with Crippen molar-refractivity contribution >= 4 is 21.6 Å². The zero-order valence-electron chi connectivity index (χ0n) is 14.1. The second-order valence-electron chi connectivity index (χ2n) is 6.07. The molecule has 1 saturated heterocycles. The summed E-state index contributed by atoms with van der Waals surface area (Å²) in [6, 6.07) is 1.62. The number of nitrogens with zero attached hydrogens (tertiary/aromatic N) is 2. The number of aryl methyl sites for hydroxylation is 2. The van der Waals surface area contributed by atoms with Crippen molar-refractivity contribution in [2.24, 2.45) is 0 Å². The van der Waals surface area contributed by atoms with E-state index in [0.717, 1.165) is 16.4 Å². The molecule has 1 aromatic heterocycles. The van der Waals surface area contributed by atoms with Crippen LogP contribution in [-0.2, 0) is 14.8 Å². The van der Waals surface area contributed by atoms with Crippen molar-refractivity contribution in [2.75, 3.05) is 11.9 Å². The summed E-state index contributed by atoms with van der Waals surface area (Å²) in [5.74, 6) is -2.19. The van der Waals surface area contributed by atoms with Crippen LogP contribution >= 0.6 is 0 Å². The molecule has 2 aromatic rings. The number of nitrogens with one attached hydrogen (secondary N) is 1. The van der Waals surface area contributed by atoms with Crippen molar-refractivity contribution in [3.63, 3.8) is 0 Å². The first-order chi connectivity index (χ1) is 12.2. The minimum Gasteiger partial charge on any atom is -0.360 e. The molecule has 0 radical (unpaired) electrons. The van der Waals surface area contributed by atoms with E-state index < -0.39 is 33.6 Å². The molecule has 1 aliphatic rings. The molecule has 0 saturated carbocycles. The SMILES string of the molecule is Cc1noc(C)c1S(=O)(=O)N1CCC[C@H]1C(=O)Nc1cc(F)cc(F)c1. The number of carbonyl (C=O) groups is 1. The van der Waals surface area contributed by atoms with Crippen LogP contribution in [0.5, 0.6) is 0 Å². The highest BCUT2D eigenvalue weighted by Gasteiger charge is 2.41. The zero-order valence-corrected chi connectivity index (χ0v) is 14.9. The molecule has 1 amide bonds. The first-order valence-electron chi connectivity index (χ1n) is 7.92. The molecule has 3 rings (SSSR count). The molecule has 140 valence electrons. The van der Waals surface area contributed by atoms with E-state index in [-0.39, 0.29) is 28.6 Å². The molecular formula is C16H17F2N3O4S. The van der Waals surface area contributed by atoms with E-state index in [4.69, 9.17) is 4.52 Å². The molecule has 1 aliphatic heterocycles. The van der Waals surface area contributed by atoms with Crippen LogP contribution < -0.4 is 5.32 Å². The third kappa shape index (κ3) is 3.34. The quantitative estimate of drug-likeness (QED) is 0.872. The lowest BCUT2D eigenvalue weighted by molar-refractivity contribution is -0.119. The fourth-order valence-electron chi connectivity index (χ4n) is 3.10. The van der Waals surface area contributed by atoms with Gasteiger partial charge >= 0.3 is 0 Å². The van der Waals surface area contributed by atoms with Gasteiger partial charge in [-0.3, -0.25) is 4.79 Å². The number of carbonyl (C=O) groups excluding carboxylic acids is 1. The molecule has 0 bridgehead atoms. The number of benzene rings is 1. The van der Waals surface area contributed by atoms with E-state index in [1.807, 2.05) is 0 Å². The Morgan fingerprint density at radius 2 is 1.92 bits per heavy atom. The van der Waals surface area contributed by atoms with Crippen LogP contribution in [0.1, 0.15) is 24.3 Å². The summed E-state index contributed by atoms with van der Waals surface area (Å²) >= 11 is 0. The van der Waals surface area contributed by atoms with Gasteiger partial charge in [-0.25, -0.2) is 17.2 Å². The number of hydrogen-bond donors (Lipinski definition) is 1. The maximum Gasteiger partial charge on any atom is 0.249 e. The second kappa shape index (κ2) is 6.76. The molecule has 1 atom stereocenters.